The lowest BCUT2D eigenvalue weighted by Gasteiger charge is -2.17. The molecule has 0 amide bonds. The van der Waals surface area contributed by atoms with Crippen LogP contribution >= 0.6 is 0 Å². The normalized spacial score (nSPS) is 11.3. The molecule has 10 N–H and O–H groups in total. The maximum atomic E-state index is 11.7. The molecule has 6 aromatic carbocycles. The van der Waals surface area contributed by atoms with Gasteiger partial charge in [0.1, 0.15) is 34.5 Å². The van der Waals surface area contributed by atoms with Gasteiger partial charge in [0.25, 0.3) is 0 Å². The third-order valence-electron chi connectivity index (χ3n) is 10.1. The Bertz CT molecular complexity index is 2370. The van der Waals surface area contributed by atoms with E-state index in [1.54, 1.807) is 78.9 Å². The lowest BCUT2D eigenvalue weighted by molar-refractivity contribution is 0.103. The van der Waals surface area contributed by atoms with Crippen molar-refractivity contribution in [3.05, 3.63) is 175 Å². The van der Waals surface area contributed by atoms with Crippen molar-refractivity contribution in [1.82, 2.24) is 0 Å². The minimum Gasteiger partial charge on any atom is -0.508 e. The van der Waals surface area contributed by atoms with Crippen molar-refractivity contribution in [3.8, 4) is 34.5 Å². The summed E-state index contributed by atoms with van der Waals surface area (Å²) in [6, 6.07) is 27.0. The standard InChI is InChI=1S/C46H46O11/c47-21-27-8-9-42(52)39(11-27)25-57-26-40-18-29(16-38(24-50)46(40)56)10-28-12-34(44(54)35(13-28)19-31-4-1-2-7-41(31)51)14-30-15-36(45(55)37(17-30)23-49)20-32-5-3-6-33(22-48)43(32)53/h1-9,11-13,15-18,47-56H,10,14,19-26H2. The van der Waals surface area contributed by atoms with Crippen LogP contribution in [0.4, 0.5) is 0 Å². The Kier molecular flexibility index (Phi) is 13.0. The Hall–Kier alpha value is -6.08. The third-order valence-corrected chi connectivity index (χ3v) is 10.1. The molecule has 0 aliphatic carbocycles. The van der Waals surface area contributed by atoms with E-state index in [0.29, 0.717) is 62.1 Å². The first-order chi connectivity index (χ1) is 27.5. The van der Waals surface area contributed by atoms with Gasteiger partial charge in [0.15, 0.2) is 0 Å². The zero-order chi connectivity index (χ0) is 40.6. The van der Waals surface area contributed by atoms with Crippen LogP contribution in [0.2, 0.25) is 0 Å². The highest BCUT2D eigenvalue weighted by Crippen LogP contribution is 2.36. The van der Waals surface area contributed by atoms with Gasteiger partial charge in [-0.05, 0) is 92.9 Å². The van der Waals surface area contributed by atoms with Crippen molar-refractivity contribution >= 4 is 0 Å². The Morgan fingerprint density at radius 1 is 0.316 bits per heavy atom. The van der Waals surface area contributed by atoms with Gasteiger partial charge >= 0.3 is 0 Å². The summed E-state index contributed by atoms with van der Waals surface area (Å²) in [4.78, 5) is 0. The number of para-hydroxylation sites is 2. The van der Waals surface area contributed by atoms with E-state index in [-0.39, 0.29) is 91.3 Å². The van der Waals surface area contributed by atoms with E-state index < -0.39 is 13.2 Å². The molecule has 296 valence electrons. The summed E-state index contributed by atoms with van der Waals surface area (Å²) in [6.07, 6.45) is 0.789. The van der Waals surface area contributed by atoms with Gasteiger partial charge < -0.3 is 55.8 Å². The summed E-state index contributed by atoms with van der Waals surface area (Å²) < 4.78 is 5.86. The average molecular weight is 775 g/mol. The largest absolute Gasteiger partial charge is 0.508 e. The summed E-state index contributed by atoms with van der Waals surface area (Å²) in [6.45, 7) is -1.51. The van der Waals surface area contributed by atoms with Gasteiger partial charge in [-0.3, -0.25) is 0 Å². The number of aliphatic hydroxyl groups is 4. The monoisotopic (exact) mass is 774 g/mol. The molecule has 0 fully saturated rings. The Labute approximate surface area is 329 Å². The van der Waals surface area contributed by atoms with E-state index in [1.165, 1.54) is 6.07 Å². The van der Waals surface area contributed by atoms with Crippen molar-refractivity contribution in [1.29, 1.82) is 0 Å². The number of phenols is 6. The molecule has 0 unspecified atom stereocenters. The molecule has 6 aromatic rings. The van der Waals surface area contributed by atoms with Crippen LogP contribution in [0, 0.1) is 0 Å². The quantitative estimate of drug-likeness (QED) is 0.0554. The van der Waals surface area contributed by atoms with E-state index in [4.69, 9.17) is 4.74 Å². The van der Waals surface area contributed by atoms with Gasteiger partial charge in [0.05, 0.1) is 39.6 Å². The van der Waals surface area contributed by atoms with E-state index in [1.807, 2.05) is 12.1 Å². The molecule has 11 nitrogen and oxygen atoms in total. The van der Waals surface area contributed by atoms with Crippen molar-refractivity contribution in [2.24, 2.45) is 0 Å². The first-order valence-corrected chi connectivity index (χ1v) is 18.4. The number of ether oxygens (including phenoxy) is 1. The van der Waals surface area contributed by atoms with Gasteiger partial charge in [0, 0.05) is 47.1 Å². The topological polar surface area (TPSA) is 212 Å². The third kappa shape index (κ3) is 9.49. The van der Waals surface area contributed by atoms with Crippen molar-refractivity contribution in [3.63, 3.8) is 0 Å². The van der Waals surface area contributed by atoms with Crippen LogP contribution in [-0.2, 0) is 70.1 Å². The smallest absolute Gasteiger partial charge is 0.126 e. The van der Waals surface area contributed by atoms with Crippen molar-refractivity contribution in [2.45, 2.75) is 65.3 Å². The van der Waals surface area contributed by atoms with Crippen LogP contribution in [-0.4, -0.2) is 51.1 Å². The number of benzene rings is 6. The predicted octanol–water partition coefficient (Wildman–Crippen LogP) is 5.97. The fourth-order valence-electron chi connectivity index (χ4n) is 7.12. The maximum absolute atomic E-state index is 11.7. The maximum Gasteiger partial charge on any atom is 0.126 e. The van der Waals surface area contributed by atoms with Gasteiger partial charge in [0.2, 0.25) is 0 Å². The van der Waals surface area contributed by atoms with E-state index in [2.05, 4.69) is 0 Å². The zero-order valence-electron chi connectivity index (χ0n) is 31.2. The molecule has 6 rings (SSSR count). The Balaban J connectivity index is 1.35. The lowest BCUT2D eigenvalue weighted by Crippen LogP contribution is -2.03. The predicted molar refractivity (Wildman–Crippen MR) is 212 cm³/mol. The Morgan fingerprint density at radius 2 is 0.754 bits per heavy atom. The minimum absolute atomic E-state index is 0.000157. The Morgan fingerprint density at radius 3 is 1.39 bits per heavy atom. The number of rotatable bonds is 16. The van der Waals surface area contributed by atoms with Crippen LogP contribution in [0.3, 0.4) is 0 Å². The highest BCUT2D eigenvalue weighted by molar-refractivity contribution is 5.54. The second-order valence-corrected chi connectivity index (χ2v) is 14.1. The molecular formula is C46H46O11. The molecule has 0 heterocycles. The molecule has 0 spiro atoms. The lowest BCUT2D eigenvalue weighted by atomic mass is 9.90. The molecule has 0 radical (unpaired) electrons. The van der Waals surface area contributed by atoms with E-state index in [0.717, 1.165) is 11.1 Å². The van der Waals surface area contributed by atoms with Gasteiger partial charge in [-0.25, -0.2) is 0 Å². The molecule has 0 bridgehead atoms. The van der Waals surface area contributed by atoms with Gasteiger partial charge in [-0.15, -0.1) is 0 Å². The molecule has 0 atom stereocenters. The molecule has 0 aliphatic heterocycles. The summed E-state index contributed by atoms with van der Waals surface area (Å²) in [5.74, 6) is -0.265. The van der Waals surface area contributed by atoms with E-state index >= 15 is 0 Å². The molecule has 11 heteroatoms. The SMILES string of the molecule is OCc1ccc(O)c(COCc2cc(Cc3cc(Cc4cc(CO)c(O)c(Cc5cccc(CO)c5O)c4)c(O)c(Cc4ccccc4O)c3)cc(CO)c2O)c1. The molecule has 0 saturated heterocycles. The summed E-state index contributed by atoms with van der Waals surface area (Å²) in [5, 5.41) is 105. The molecule has 0 saturated carbocycles. The minimum atomic E-state index is -0.462. The average Bonchev–Trinajstić information content (AvgIpc) is 3.21. The van der Waals surface area contributed by atoms with Crippen LogP contribution in [0.5, 0.6) is 34.5 Å². The van der Waals surface area contributed by atoms with Crippen molar-refractivity contribution < 1.29 is 55.8 Å². The van der Waals surface area contributed by atoms with Crippen LogP contribution < -0.4 is 0 Å². The first-order valence-electron chi connectivity index (χ1n) is 18.4. The van der Waals surface area contributed by atoms with Gasteiger partial charge in [-0.1, -0.05) is 60.7 Å². The van der Waals surface area contributed by atoms with Crippen LogP contribution in [0.25, 0.3) is 0 Å². The highest BCUT2D eigenvalue weighted by atomic mass is 16.5. The second kappa shape index (κ2) is 18.2. The van der Waals surface area contributed by atoms with Crippen molar-refractivity contribution in [2.75, 3.05) is 0 Å². The number of aliphatic hydroxyl groups excluding tert-OH is 4. The number of hydrogen-bond acceptors (Lipinski definition) is 11. The molecule has 57 heavy (non-hydrogen) atoms. The van der Waals surface area contributed by atoms with Crippen LogP contribution in [0.15, 0.2) is 97.1 Å². The highest BCUT2D eigenvalue weighted by Gasteiger charge is 2.19. The number of aromatic hydroxyl groups is 6. The molecule has 0 aliphatic rings. The van der Waals surface area contributed by atoms with E-state index in [9.17, 15) is 51.1 Å². The number of phenolic OH excluding ortho intramolecular Hbond substituents is 3. The second-order valence-electron chi connectivity index (χ2n) is 14.1. The molecular weight excluding hydrogens is 728 g/mol. The first kappa shape index (κ1) is 40.6. The van der Waals surface area contributed by atoms with Crippen LogP contribution in [0.1, 0.15) is 77.9 Å². The fraction of sp³-hybridized carbons (Fsp3) is 0.217. The molecule has 0 aromatic heterocycles. The zero-order valence-corrected chi connectivity index (χ0v) is 31.2. The summed E-state index contributed by atoms with van der Waals surface area (Å²) >= 11 is 0. The fourth-order valence-corrected chi connectivity index (χ4v) is 7.12. The summed E-state index contributed by atoms with van der Waals surface area (Å²) in [7, 11) is 0. The van der Waals surface area contributed by atoms with Gasteiger partial charge in [-0.2, -0.15) is 0 Å². The number of hydrogen-bond donors (Lipinski definition) is 10. The summed E-state index contributed by atoms with van der Waals surface area (Å²) in [5.41, 5.74) is 7.09.